The van der Waals surface area contributed by atoms with Crippen LogP contribution in [0, 0.1) is 0 Å². The van der Waals surface area contributed by atoms with Crippen LogP contribution in [0.3, 0.4) is 0 Å². The quantitative estimate of drug-likeness (QED) is 0.326. The number of primary amides is 1. The minimum atomic E-state index is -1.63. The Labute approximate surface area is 201 Å². The number of fused-ring (bicyclic) bond motifs is 1. The molecule has 0 bridgehead atoms. The van der Waals surface area contributed by atoms with Gasteiger partial charge in [-0.05, 0) is 74.2 Å². The third kappa shape index (κ3) is 3.82. The lowest BCUT2D eigenvalue weighted by molar-refractivity contribution is -0.149. The Bertz CT molecular complexity index is 1080. The average Bonchev–Trinajstić information content (AvgIpc) is 3.27. The molecule has 8 nitrogen and oxygen atoms in total. The van der Waals surface area contributed by atoms with E-state index in [1.54, 1.807) is 11.0 Å². The van der Waals surface area contributed by atoms with E-state index < -0.39 is 29.5 Å². The molecule has 9 heteroatoms. The van der Waals surface area contributed by atoms with E-state index in [0.717, 1.165) is 34.0 Å². The largest absolute Gasteiger partial charge is 0.480 e. The lowest BCUT2D eigenvalue weighted by atomic mass is 9.76. The van der Waals surface area contributed by atoms with Crippen molar-refractivity contribution in [2.75, 3.05) is 18.4 Å². The summed E-state index contributed by atoms with van der Waals surface area (Å²) in [5, 5.41) is 16.7. The van der Waals surface area contributed by atoms with E-state index in [1.807, 2.05) is 32.0 Å². The maximum Gasteiger partial charge on any atom is 0.330 e. The van der Waals surface area contributed by atoms with Gasteiger partial charge in [0.1, 0.15) is 6.04 Å². The topological polar surface area (TPSA) is 125 Å². The van der Waals surface area contributed by atoms with E-state index in [1.165, 1.54) is 0 Å². The first-order valence-corrected chi connectivity index (χ1v) is 12.1. The summed E-state index contributed by atoms with van der Waals surface area (Å²) in [7, 11) is 0. The minimum absolute atomic E-state index is 0.231. The average molecular weight is 517 g/mol. The van der Waals surface area contributed by atoms with Gasteiger partial charge in [0.05, 0.1) is 0 Å². The molecule has 0 saturated heterocycles. The monoisotopic (exact) mass is 516 g/mol. The highest BCUT2D eigenvalue weighted by molar-refractivity contribution is 9.10. The van der Waals surface area contributed by atoms with Crippen LogP contribution < -0.4 is 16.4 Å². The van der Waals surface area contributed by atoms with E-state index in [4.69, 9.17) is 5.73 Å². The fourth-order valence-electron chi connectivity index (χ4n) is 5.58. The van der Waals surface area contributed by atoms with Gasteiger partial charge in [0, 0.05) is 27.3 Å². The van der Waals surface area contributed by atoms with Gasteiger partial charge in [-0.1, -0.05) is 29.8 Å². The SMILES string of the molecule is CCN(CC)C(C(N)=O)C1(C(=O)O)NC(C=C2C(=O)Nc3ccc(Br)cc32)C2=C1CCCC2. The number of benzene rings is 1. The molecular formula is C24H29BrN4O4. The zero-order chi connectivity index (χ0) is 23.9. The lowest BCUT2D eigenvalue weighted by Gasteiger charge is -2.41. The predicted octanol–water partition coefficient (Wildman–Crippen LogP) is 2.65. The molecule has 0 saturated carbocycles. The summed E-state index contributed by atoms with van der Waals surface area (Å²) in [5.41, 5.74) is 7.84. The number of likely N-dealkylation sites (N-methyl/N-ethyl adjacent to an activating group) is 1. The Hall–Kier alpha value is -2.49. The van der Waals surface area contributed by atoms with Gasteiger partial charge < -0.3 is 16.2 Å². The van der Waals surface area contributed by atoms with Gasteiger partial charge in [0.15, 0.2) is 5.54 Å². The fraction of sp³-hybridized carbons (Fsp3) is 0.458. The van der Waals surface area contributed by atoms with Gasteiger partial charge in [-0.2, -0.15) is 0 Å². The highest BCUT2D eigenvalue weighted by atomic mass is 79.9. The Kier molecular flexibility index (Phi) is 6.48. The molecule has 1 aliphatic carbocycles. The maximum absolute atomic E-state index is 12.9. The molecule has 3 atom stereocenters. The van der Waals surface area contributed by atoms with Crippen LogP contribution in [-0.2, 0) is 14.4 Å². The summed E-state index contributed by atoms with van der Waals surface area (Å²) in [6.07, 6.45) is 4.87. The Morgan fingerprint density at radius 3 is 2.64 bits per heavy atom. The number of nitrogens with zero attached hydrogens (tertiary/aromatic N) is 1. The number of hydrogen-bond acceptors (Lipinski definition) is 5. The van der Waals surface area contributed by atoms with Crippen LogP contribution in [0.15, 0.2) is 39.9 Å². The number of anilines is 1. The Morgan fingerprint density at radius 2 is 2.00 bits per heavy atom. The summed E-state index contributed by atoms with van der Waals surface area (Å²) in [5.74, 6) is -2.02. The third-order valence-corrected chi connectivity index (χ3v) is 7.53. The lowest BCUT2D eigenvalue weighted by Crippen LogP contribution is -2.69. The molecule has 5 N–H and O–H groups in total. The van der Waals surface area contributed by atoms with Crippen LogP contribution >= 0.6 is 15.9 Å². The first-order valence-electron chi connectivity index (χ1n) is 11.3. The van der Waals surface area contributed by atoms with Crippen LogP contribution in [0.5, 0.6) is 0 Å². The molecular weight excluding hydrogens is 488 g/mol. The number of carbonyl (C=O) groups is 3. The molecule has 1 aromatic rings. The normalized spacial score (nSPS) is 26.4. The molecule has 2 heterocycles. The van der Waals surface area contributed by atoms with Crippen LogP contribution in [0.1, 0.15) is 45.1 Å². The molecule has 3 aliphatic rings. The third-order valence-electron chi connectivity index (χ3n) is 7.04. The second kappa shape index (κ2) is 9.04. The summed E-state index contributed by atoms with van der Waals surface area (Å²) in [6.45, 7) is 4.74. The number of amides is 2. The van der Waals surface area contributed by atoms with Gasteiger partial charge in [0.25, 0.3) is 5.91 Å². The summed E-state index contributed by atoms with van der Waals surface area (Å²) in [4.78, 5) is 40.2. The first kappa shape index (κ1) is 23.7. The summed E-state index contributed by atoms with van der Waals surface area (Å²) < 4.78 is 0.843. The van der Waals surface area contributed by atoms with E-state index in [0.29, 0.717) is 37.2 Å². The molecule has 0 aromatic heterocycles. The zero-order valence-corrected chi connectivity index (χ0v) is 20.4. The number of nitrogens with one attached hydrogen (secondary N) is 2. The van der Waals surface area contributed by atoms with Crippen LogP contribution in [0.2, 0.25) is 0 Å². The molecule has 0 fully saturated rings. The van der Waals surface area contributed by atoms with Crippen molar-refractivity contribution in [2.45, 2.75) is 57.2 Å². The van der Waals surface area contributed by atoms with Crippen LogP contribution in [0.4, 0.5) is 5.69 Å². The summed E-state index contributed by atoms with van der Waals surface area (Å²) in [6, 6.07) is 4.02. The number of rotatable bonds is 7. The van der Waals surface area contributed by atoms with Crippen molar-refractivity contribution in [1.29, 1.82) is 0 Å². The second-order valence-corrected chi connectivity index (χ2v) is 9.61. The van der Waals surface area contributed by atoms with E-state index in [-0.39, 0.29) is 5.91 Å². The van der Waals surface area contributed by atoms with Gasteiger partial charge in [0.2, 0.25) is 5.91 Å². The molecule has 2 aliphatic heterocycles. The molecule has 4 rings (SSSR count). The van der Waals surface area contributed by atoms with E-state index in [2.05, 4.69) is 26.6 Å². The number of carboxylic acids is 1. The molecule has 0 radical (unpaired) electrons. The zero-order valence-electron chi connectivity index (χ0n) is 18.8. The van der Waals surface area contributed by atoms with Crippen molar-refractivity contribution in [2.24, 2.45) is 5.73 Å². The molecule has 2 amide bonds. The van der Waals surface area contributed by atoms with Crippen molar-refractivity contribution < 1.29 is 19.5 Å². The van der Waals surface area contributed by atoms with Crippen molar-refractivity contribution in [3.63, 3.8) is 0 Å². The second-order valence-electron chi connectivity index (χ2n) is 8.70. The minimum Gasteiger partial charge on any atom is -0.480 e. The Balaban J connectivity index is 1.86. The van der Waals surface area contributed by atoms with Crippen molar-refractivity contribution in [3.8, 4) is 0 Å². The van der Waals surface area contributed by atoms with Crippen molar-refractivity contribution in [3.05, 3.63) is 45.5 Å². The summed E-state index contributed by atoms with van der Waals surface area (Å²) >= 11 is 3.46. The molecule has 0 spiro atoms. The van der Waals surface area contributed by atoms with Gasteiger partial charge in [-0.25, -0.2) is 4.79 Å². The van der Waals surface area contributed by atoms with Crippen LogP contribution in [0.25, 0.3) is 5.57 Å². The fourth-order valence-corrected chi connectivity index (χ4v) is 5.95. The van der Waals surface area contributed by atoms with Crippen LogP contribution in [-0.4, -0.2) is 58.5 Å². The molecule has 1 aromatic carbocycles. The van der Waals surface area contributed by atoms with Gasteiger partial charge in [-0.15, -0.1) is 0 Å². The van der Waals surface area contributed by atoms with Gasteiger partial charge in [-0.3, -0.25) is 19.8 Å². The number of carboxylic acid groups (broad SMARTS) is 1. The van der Waals surface area contributed by atoms with E-state index >= 15 is 0 Å². The number of aliphatic carboxylic acids is 1. The predicted molar refractivity (Wildman–Crippen MR) is 129 cm³/mol. The standard InChI is InChI=1S/C24H29BrN4O4/c1-3-29(4-2)20(21(26)30)24(23(32)33)17-8-6-5-7-14(17)19(28-24)12-16-15-11-13(25)9-10-18(15)27-22(16)31/h9-12,19-20,28H,3-8H2,1-2H3,(H2,26,30)(H,27,31)(H,32,33). The molecule has 3 unspecified atom stereocenters. The molecule has 176 valence electrons. The number of nitrogens with two attached hydrogens (primary N) is 1. The van der Waals surface area contributed by atoms with Crippen molar-refractivity contribution in [1.82, 2.24) is 10.2 Å². The number of halogens is 1. The first-order chi connectivity index (χ1) is 15.7. The van der Waals surface area contributed by atoms with Gasteiger partial charge >= 0.3 is 5.97 Å². The highest BCUT2D eigenvalue weighted by Crippen LogP contribution is 2.45. The van der Waals surface area contributed by atoms with Crippen molar-refractivity contribution >= 4 is 45.0 Å². The maximum atomic E-state index is 12.9. The highest BCUT2D eigenvalue weighted by Gasteiger charge is 2.59. The molecule has 33 heavy (non-hydrogen) atoms. The smallest absolute Gasteiger partial charge is 0.330 e. The Morgan fingerprint density at radius 1 is 1.30 bits per heavy atom. The number of hydrogen-bond donors (Lipinski definition) is 4. The number of carbonyl (C=O) groups excluding carboxylic acids is 2. The van der Waals surface area contributed by atoms with E-state index in [9.17, 15) is 19.5 Å².